The monoisotopic (exact) mass is 282 g/mol. The summed E-state index contributed by atoms with van der Waals surface area (Å²) in [5.74, 6) is 0.289. The summed E-state index contributed by atoms with van der Waals surface area (Å²) in [7, 11) is 0. The minimum absolute atomic E-state index is 0.121. The molecular weight excluding hydrogens is 264 g/mol. The van der Waals surface area contributed by atoms with Crippen molar-refractivity contribution in [3.05, 3.63) is 23.8 Å². The Balaban J connectivity index is 2.97. The summed E-state index contributed by atoms with van der Waals surface area (Å²) in [6, 6.07) is 4.99. The lowest BCUT2D eigenvalue weighted by molar-refractivity contribution is 0.0937. The van der Waals surface area contributed by atoms with Crippen molar-refractivity contribution in [2.24, 2.45) is 0 Å². The van der Waals surface area contributed by atoms with Crippen LogP contribution < -0.4 is 9.47 Å². The molecule has 0 aliphatic carbocycles. The van der Waals surface area contributed by atoms with E-state index in [2.05, 4.69) is 0 Å². The molecule has 0 aliphatic heterocycles. The van der Waals surface area contributed by atoms with E-state index in [1.807, 2.05) is 6.92 Å². The summed E-state index contributed by atoms with van der Waals surface area (Å²) in [5, 5.41) is 0. The number of ether oxygens (including phenoxy) is 4. The number of rotatable bonds is 5. The van der Waals surface area contributed by atoms with Crippen LogP contribution in [0.5, 0.6) is 11.5 Å². The first-order valence-corrected chi connectivity index (χ1v) is 6.43. The summed E-state index contributed by atoms with van der Waals surface area (Å²) < 4.78 is 19.5. The van der Waals surface area contributed by atoms with E-state index >= 15 is 0 Å². The molecule has 20 heavy (non-hydrogen) atoms. The topological polar surface area (TPSA) is 71.1 Å². The lowest BCUT2D eigenvalue weighted by atomic mass is 10.1. The van der Waals surface area contributed by atoms with Crippen LogP contribution in [0.15, 0.2) is 18.2 Å². The van der Waals surface area contributed by atoms with E-state index in [1.54, 1.807) is 26.0 Å². The van der Waals surface area contributed by atoms with Gasteiger partial charge in [-0.2, -0.15) is 0 Å². The number of para-hydroxylation sites is 1. The van der Waals surface area contributed by atoms with Gasteiger partial charge < -0.3 is 18.9 Å². The van der Waals surface area contributed by atoms with Crippen LogP contribution >= 0.6 is 0 Å². The highest BCUT2D eigenvalue weighted by Crippen LogP contribution is 2.32. The molecule has 0 aromatic heterocycles. The first-order chi connectivity index (χ1) is 9.62. The van der Waals surface area contributed by atoms with Gasteiger partial charge in [0, 0.05) is 0 Å². The van der Waals surface area contributed by atoms with Crippen molar-refractivity contribution in [1.29, 1.82) is 0 Å². The van der Waals surface area contributed by atoms with Crippen LogP contribution in [-0.2, 0) is 15.9 Å². The summed E-state index contributed by atoms with van der Waals surface area (Å²) in [5.41, 5.74) is 0.722. The minimum Gasteiger partial charge on any atom is -0.434 e. The predicted octanol–water partition coefficient (Wildman–Crippen LogP) is 3.32. The Morgan fingerprint density at radius 1 is 0.950 bits per heavy atom. The zero-order chi connectivity index (χ0) is 15.0. The van der Waals surface area contributed by atoms with Crippen molar-refractivity contribution in [3.63, 3.8) is 0 Å². The van der Waals surface area contributed by atoms with Gasteiger partial charge in [0.15, 0.2) is 11.5 Å². The van der Waals surface area contributed by atoms with Crippen molar-refractivity contribution in [2.45, 2.75) is 27.2 Å². The van der Waals surface area contributed by atoms with Gasteiger partial charge in [-0.15, -0.1) is 0 Å². The molecule has 6 nitrogen and oxygen atoms in total. The van der Waals surface area contributed by atoms with Gasteiger partial charge in [0.1, 0.15) is 0 Å². The van der Waals surface area contributed by atoms with E-state index in [9.17, 15) is 9.59 Å². The molecule has 0 fully saturated rings. The Hall–Kier alpha value is -2.24. The fraction of sp³-hybridized carbons (Fsp3) is 0.429. The van der Waals surface area contributed by atoms with E-state index in [0.717, 1.165) is 5.56 Å². The summed E-state index contributed by atoms with van der Waals surface area (Å²) in [6.45, 7) is 5.62. The summed E-state index contributed by atoms with van der Waals surface area (Å²) in [4.78, 5) is 22.8. The van der Waals surface area contributed by atoms with Crippen LogP contribution in [0.25, 0.3) is 0 Å². The highest BCUT2D eigenvalue weighted by molar-refractivity contribution is 5.70. The van der Waals surface area contributed by atoms with Crippen molar-refractivity contribution >= 4 is 12.3 Å². The predicted molar refractivity (Wildman–Crippen MR) is 71.1 cm³/mol. The molecule has 0 bridgehead atoms. The maximum atomic E-state index is 11.4. The van der Waals surface area contributed by atoms with E-state index in [1.165, 1.54) is 6.07 Å². The molecule has 0 amide bonds. The fourth-order valence-electron chi connectivity index (χ4n) is 1.50. The van der Waals surface area contributed by atoms with Gasteiger partial charge in [0.05, 0.1) is 13.2 Å². The number of hydrogen-bond acceptors (Lipinski definition) is 6. The smallest absolute Gasteiger partial charge is 0.434 e. The second-order valence-corrected chi connectivity index (χ2v) is 3.67. The number of aryl methyl sites for hydroxylation is 1. The number of hydrogen-bond donors (Lipinski definition) is 0. The lowest BCUT2D eigenvalue weighted by Gasteiger charge is -2.13. The second-order valence-electron chi connectivity index (χ2n) is 3.67. The van der Waals surface area contributed by atoms with Gasteiger partial charge in [0.25, 0.3) is 0 Å². The van der Waals surface area contributed by atoms with E-state index in [0.29, 0.717) is 6.42 Å². The van der Waals surface area contributed by atoms with Crippen LogP contribution in [-0.4, -0.2) is 25.5 Å². The van der Waals surface area contributed by atoms with Crippen molar-refractivity contribution in [1.82, 2.24) is 0 Å². The average Bonchev–Trinajstić information content (AvgIpc) is 2.41. The fourth-order valence-corrected chi connectivity index (χ4v) is 1.50. The molecule has 0 radical (unpaired) electrons. The van der Waals surface area contributed by atoms with Crippen molar-refractivity contribution in [3.8, 4) is 11.5 Å². The Labute approximate surface area is 117 Å². The van der Waals surface area contributed by atoms with Crippen molar-refractivity contribution < 1.29 is 28.5 Å². The maximum Gasteiger partial charge on any atom is 0.513 e. The molecule has 0 saturated carbocycles. The number of benzene rings is 1. The Kier molecular flexibility index (Phi) is 6.36. The third-order valence-electron chi connectivity index (χ3n) is 2.34. The SMILES string of the molecule is CCOC(=O)Oc1cccc(CC)c1OC(=O)OCC. The normalized spacial score (nSPS) is 9.75. The minimum atomic E-state index is -0.852. The maximum absolute atomic E-state index is 11.4. The number of carbonyl (C=O) groups is 2. The molecule has 0 saturated heterocycles. The summed E-state index contributed by atoms with van der Waals surface area (Å²) in [6.07, 6.45) is -1.09. The molecule has 0 spiro atoms. The highest BCUT2D eigenvalue weighted by atomic mass is 16.7. The molecule has 0 N–H and O–H groups in total. The Morgan fingerprint density at radius 2 is 1.55 bits per heavy atom. The van der Waals surface area contributed by atoms with Crippen LogP contribution in [0.4, 0.5) is 9.59 Å². The molecule has 1 rings (SSSR count). The van der Waals surface area contributed by atoms with E-state index in [4.69, 9.17) is 18.9 Å². The van der Waals surface area contributed by atoms with E-state index < -0.39 is 12.3 Å². The average molecular weight is 282 g/mol. The van der Waals surface area contributed by atoms with Gasteiger partial charge >= 0.3 is 12.3 Å². The second kappa shape index (κ2) is 8.04. The largest absolute Gasteiger partial charge is 0.513 e. The zero-order valence-electron chi connectivity index (χ0n) is 11.8. The first-order valence-electron chi connectivity index (χ1n) is 6.43. The van der Waals surface area contributed by atoms with Gasteiger partial charge in [0.2, 0.25) is 0 Å². The lowest BCUT2D eigenvalue weighted by Crippen LogP contribution is -2.15. The summed E-state index contributed by atoms with van der Waals surface area (Å²) >= 11 is 0. The quantitative estimate of drug-likeness (QED) is 0.609. The van der Waals surface area contributed by atoms with Gasteiger partial charge in [-0.3, -0.25) is 0 Å². The van der Waals surface area contributed by atoms with Crippen LogP contribution in [0.1, 0.15) is 26.3 Å². The van der Waals surface area contributed by atoms with Gasteiger partial charge in [-0.25, -0.2) is 9.59 Å². The molecule has 0 aliphatic rings. The van der Waals surface area contributed by atoms with E-state index in [-0.39, 0.29) is 24.7 Å². The van der Waals surface area contributed by atoms with Crippen LogP contribution in [0.3, 0.4) is 0 Å². The molecular formula is C14H18O6. The first kappa shape index (κ1) is 15.8. The van der Waals surface area contributed by atoms with Crippen LogP contribution in [0.2, 0.25) is 0 Å². The van der Waals surface area contributed by atoms with Crippen molar-refractivity contribution in [2.75, 3.05) is 13.2 Å². The van der Waals surface area contributed by atoms with Gasteiger partial charge in [-0.1, -0.05) is 19.1 Å². The van der Waals surface area contributed by atoms with Crippen LogP contribution in [0, 0.1) is 0 Å². The third kappa shape index (κ3) is 4.46. The molecule has 0 heterocycles. The highest BCUT2D eigenvalue weighted by Gasteiger charge is 2.18. The molecule has 0 unspecified atom stereocenters. The Bertz CT molecular complexity index is 469. The molecule has 1 aromatic rings. The molecule has 1 aromatic carbocycles. The van der Waals surface area contributed by atoms with Gasteiger partial charge in [-0.05, 0) is 31.9 Å². The molecule has 0 atom stereocenters. The zero-order valence-corrected chi connectivity index (χ0v) is 11.8. The molecule has 110 valence electrons. The molecule has 6 heteroatoms. The number of carbonyl (C=O) groups excluding carboxylic acids is 2. The standard InChI is InChI=1S/C14H18O6/c1-4-10-8-7-9-11(19-13(15)17-5-2)12(10)20-14(16)18-6-3/h7-9H,4-6H2,1-3H3. The Morgan fingerprint density at radius 3 is 2.10 bits per heavy atom. The third-order valence-corrected chi connectivity index (χ3v) is 2.34.